The van der Waals surface area contributed by atoms with Crippen LogP contribution in [-0.2, 0) is 0 Å². The van der Waals surface area contributed by atoms with Gasteiger partial charge in [0.15, 0.2) is 11.5 Å². The quantitative estimate of drug-likeness (QED) is 0.137. The van der Waals surface area contributed by atoms with Crippen molar-refractivity contribution < 1.29 is 19.0 Å². The molecule has 9 nitrogen and oxygen atoms in total. The minimum atomic E-state index is -0.108. The van der Waals surface area contributed by atoms with Crippen molar-refractivity contribution in [1.82, 2.24) is 14.5 Å². The minimum Gasteiger partial charge on any atom is -0.494 e. The van der Waals surface area contributed by atoms with Crippen molar-refractivity contribution in [3.8, 4) is 22.9 Å². The SMILES string of the molecule is COc1cc2c(cc1OCCCCCOc1ccc3nc(C)n(-c4ccc(I)cc4C)c(=O)c3c1)N=C[C@@H]1CCCN1C2=O. The molecule has 1 atom stereocenters. The summed E-state index contributed by atoms with van der Waals surface area (Å²) >= 11 is 2.27. The summed E-state index contributed by atoms with van der Waals surface area (Å²) in [5.74, 6) is 2.40. The molecule has 3 aromatic carbocycles. The number of aryl methyl sites for hydroxylation is 2. The Labute approximate surface area is 270 Å². The van der Waals surface area contributed by atoms with Crippen LogP contribution in [0.1, 0.15) is 53.8 Å². The zero-order valence-corrected chi connectivity index (χ0v) is 27.3. The van der Waals surface area contributed by atoms with Gasteiger partial charge in [0.2, 0.25) is 0 Å². The van der Waals surface area contributed by atoms with Gasteiger partial charge in [-0.3, -0.25) is 19.1 Å². The van der Waals surface area contributed by atoms with Gasteiger partial charge in [-0.15, -0.1) is 0 Å². The van der Waals surface area contributed by atoms with Gasteiger partial charge in [0.25, 0.3) is 11.5 Å². The first-order valence-corrected chi connectivity index (χ1v) is 16.0. The number of hydrogen-bond acceptors (Lipinski definition) is 7. The van der Waals surface area contributed by atoms with Crippen LogP contribution in [0.2, 0.25) is 0 Å². The van der Waals surface area contributed by atoms with Crippen LogP contribution in [-0.4, -0.2) is 59.5 Å². The number of hydrogen-bond donors (Lipinski definition) is 0. The summed E-state index contributed by atoms with van der Waals surface area (Å²) in [5.41, 5.74) is 3.57. The van der Waals surface area contributed by atoms with E-state index in [0.29, 0.717) is 58.4 Å². The summed E-state index contributed by atoms with van der Waals surface area (Å²) in [6.07, 6.45) is 6.36. The second-order valence-electron chi connectivity index (χ2n) is 11.2. The smallest absolute Gasteiger partial charge is 0.266 e. The number of fused-ring (bicyclic) bond motifs is 3. The largest absolute Gasteiger partial charge is 0.494 e. The Morgan fingerprint density at radius 1 is 0.955 bits per heavy atom. The number of rotatable bonds is 10. The van der Waals surface area contributed by atoms with Gasteiger partial charge in [0, 0.05) is 22.4 Å². The van der Waals surface area contributed by atoms with E-state index in [1.165, 1.54) is 0 Å². The molecule has 2 aliphatic rings. The highest BCUT2D eigenvalue weighted by Crippen LogP contribution is 2.38. The van der Waals surface area contributed by atoms with Gasteiger partial charge in [0.05, 0.1) is 54.2 Å². The molecule has 1 fully saturated rings. The van der Waals surface area contributed by atoms with Gasteiger partial charge < -0.3 is 19.1 Å². The first-order valence-electron chi connectivity index (χ1n) is 15.0. The number of halogens is 1. The lowest BCUT2D eigenvalue weighted by Crippen LogP contribution is -2.35. The van der Waals surface area contributed by atoms with Crippen LogP contribution in [0.5, 0.6) is 17.2 Å². The molecule has 0 spiro atoms. The second kappa shape index (κ2) is 13.0. The molecular formula is C34H35IN4O5. The summed E-state index contributed by atoms with van der Waals surface area (Å²) in [6, 6.07) is 15.1. The van der Waals surface area contributed by atoms with Crippen LogP contribution in [0, 0.1) is 17.4 Å². The minimum absolute atomic E-state index is 0.00518. The van der Waals surface area contributed by atoms with E-state index in [4.69, 9.17) is 14.2 Å². The zero-order chi connectivity index (χ0) is 30.8. The van der Waals surface area contributed by atoms with E-state index in [1.807, 2.05) is 49.2 Å². The highest BCUT2D eigenvalue weighted by Gasteiger charge is 2.32. The fraction of sp³-hybridized carbons (Fsp3) is 0.353. The molecule has 10 heteroatoms. The van der Waals surface area contributed by atoms with Crippen LogP contribution in [0.25, 0.3) is 16.6 Å². The molecule has 1 amide bonds. The number of amides is 1. The number of carbonyl (C=O) groups excluding carboxylic acids is 1. The molecule has 0 N–H and O–H groups in total. The molecule has 0 radical (unpaired) electrons. The third-order valence-corrected chi connectivity index (χ3v) is 8.85. The summed E-state index contributed by atoms with van der Waals surface area (Å²) in [5, 5.41) is 0.528. The van der Waals surface area contributed by atoms with E-state index in [2.05, 4.69) is 38.6 Å². The van der Waals surface area contributed by atoms with Gasteiger partial charge in [-0.2, -0.15) is 0 Å². The van der Waals surface area contributed by atoms with Gasteiger partial charge in [-0.05, 0) is 117 Å². The maximum atomic E-state index is 13.5. The van der Waals surface area contributed by atoms with Crippen molar-refractivity contribution in [2.75, 3.05) is 26.9 Å². The standard InChI is InChI=1S/C34H35IN4O5/c1-21-16-23(35)9-12-30(21)39-22(2)37-28-11-10-25(17-26(28)34(39)41)43-14-5-4-6-15-44-32-19-29-27(18-31(32)42-3)33(40)38-13-7-8-24(38)20-36-29/h9-12,16-20,24H,4-8,13-15H2,1-3H3/t24-/m0/s1. The topological polar surface area (TPSA) is 95.2 Å². The number of aromatic nitrogens is 2. The molecule has 44 heavy (non-hydrogen) atoms. The molecule has 4 aromatic rings. The van der Waals surface area contributed by atoms with E-state index < -0.39 is 0 Å². The summed E-state index contributed by atoms with van der Waals surface area (Å²) in [7, 11) is 1.58. The number of nitrogens with zero attached hydrogens (tertiary/aromatic N) is 4. The number of carbonyl (C=O) groups is 1. The Morgan fingerprint density at radius 3 is 2.57 bits per heavy atom. The zero-order valence-electron chi connectivity index (χ0n) is 25.1. The predicted octanol–water partition coefficient (Wildman–Crippen LogP) is 6.56. The predicted molar refractivity (Wildman–Crippen MR) is 180 cm³/mol. The van der Waals surface area contributed by atoms with Gasteiger partial charge in [-0.1, -0.05) is 0 Å². The van der Waals surface area contributed by atoms with E-state index in [-0.39, 0.29) is 17.5 Å². The van der Waals surface area contributed by atoms with Crippen molar-refractivity contribution in [1.29, 1.82) is 0 Å². The lowest BCUT2D eigenvalue weighted by molar-refractivity contribution is 0.0774. The molecule has 0 bridgehead atoms. The van der Waals surface area contributed by atoms with Crippen LogP contribution in [0.3, 0.4) is 0 Å². The first kappa shape index (κ1) is 30.1. The van der Waals surface area contributed by atoms with E-state index in [0.717, 1.165) is 53.5 Å². The molecule has 228 valence electrons. The van der Waals surface area contributed by atoms with E-state index in [1.54, 1.807) is 29.9 Å². The van der Waals surface area contributed by atoms with Crippen molar-refractivity contribution in [3.05, 3.63) is 79.4 Å². The molecule has 0 unspecified atom stereocenters. The maximum Gasteiger partial charge on any atom is 0.266 e. The summed E-state index contributed by atoms with van der Waals surface area (Å²) in [6.45, 7) is 5.63. The number of benzene rings is 3. The molecule has 0 saturated carbocycles. The number of methoxy groups -OCH3 is 1. The summed E-state index contributed by atoms with van der Waals surface area (Å²) in [4.78, 5) is 37.8. The lowest BCUT2D eigenvalue weighted by atomic mass is 10.1. The maximum absolute atomic E-state index is 13.5. The van der Waals surface area contributed by atoms with E-state index in [9.17, 15) is 9.59 Å². The van der Waals surface area contributed by atoms with Crippen LogP contribution < -0.4 is 19.8 Å². The normalized spacial score (nSPS) is 15.7. The van der Waals surface area contributed by atoms with Crippen molar-refractivity contribution in [3.63, 3.8) is 0 Å². The van der Waals surface area contributed by atoms with Crippen LogP contribution in [0.15, 0.2) is 58.3 Å². The number of ether oxygens (including phenoxy) is 3. The van der Waals surface area contributed by atoms with Gasteiger partial charge in [-0.25, -0.2) is 4.98 Å². The molecular weight excluding hydrogens is 671 g/mol. The highest BCUT2D eigenvalue weighted by molar-refractivity contribution is 14.1. The Morgan fingerprint density at radius 2 is 1.77 bits per heavy atom. The fourth-order valence-electron chi connectivity index (χ4n) is 5.89. The Kier molecular flexibility index (Phi) is 8.88. The van der Waals surface area contributed by atoms with E-state index >= 15 is 0 Å². The Balaban J connectivity index is 1.04. The second-order valence-corrected chi connectivity index (χ2v) is 12.4. The number of aliphatic imine (C=N–C) groups is 1. The van der Waals surface area contributed by atoms with Crippen molar-refractivity contribution in [2.24, 2.45) is 4.99 Å². The van der Waals surface area contributed by atoms with Crippen LogP contribution in [0.4, 0.5) is 5.69 Å². The molecule has 6 rings (SSSR count). The monoisotopic (exact) mass is 706 g/mol. The fourth-order valence-corrected chi connectivity index (χ4v) is 6.54. The molecule has 3 heterocycles. The van der Waals surface area contributed by atoms with Gasteiger partial charge in [0.1, 0.15) is 11.6 Å². The van der Waals surface area contributed by atoms with Gasteiger partial charge >= 0.3 is 0 Å². The Hall–Kier alpha value is -3.93. The highest BCUT2D eigenvalue weighted by atomic mass is 127. The average molecular weight is 707 g/mol. The third kappa shape index (κ3) is 6.04. The van der Waals surface area contributed by atoms with Crippen LogP contribution >= 0.6 is 22.6 Å². The average Bonchev–Trinajstić information content (AvgIpc) is 3.44. The summed E-state index contributed by atoms with van der Waals surface area (Å²) < 4.78 is 20.4. The van der Waals surface area contributed by atoms with Crippen molar-refractivity contribution >= 4 is 51.3 Å². The molecule has 1 saturated heterocycles. The van der Waals surface area contributed by atoms with Crippen molar-refractivity contribution in [2.45, 2.75) is 52.0 Å². The lowest BCUT2D eigenvalue weighted by Gasteiger charge is -2.20. The molecule has 0 aliphatic carbocycles. The Bertz CT molecular complexity index is 1820. The number of unbranched alkanes of at least 4 members (excludes halogenated alkanes) is 2. The third-order valence-electron chi connectivity index (χ3n) is 8.18. The first-order chi connectivity index (χ1) is 21.3. The molecule has 1 aromatic heterocycles. The molecule has 2 aliphatic heterocycles.